The third-order valence-corrected chi connectivity index (χ3v) is 4.57. The molecule has 3 rings (SSSR count). The van der Waals surface area contributed by atoms with Gasteiger partial charge in [0, 0.05) is 6.54 Å². The third kappa shape index (κ3) is 3.06. The molecule has 1 unspecified atom stereocenters. The molecule has 1 atom stereocenters. The fourth-order valence-corrected chi connectivity index (χ4v) is 3.28. The van der Waals surface area contributed by atoms with Crippen molar-refractivity contribution in [2.24, 2.45) is 5.92 Å². The smallest absolute Gasteiger partial charge is 0.127 e. The van der Waals surface area contributed by atoms with Crippen molar-refractivity contribution in [3.8, 4) is 0 Å². The molecule has 0 bridgehead atoms. The van der Waals surface area contributed by atoms with Crippen molar-refractivity contribution in [2.75, 3.05) is 20.1 Å². The van der Waals surface area contributed by atoms with E-state index in [-0.39, 0.29) is 11.2 Å². The maximum Gasteiger partial charge on any atom is 0.127 e. The summed E-state index contributed by atoms with van der Waals surface area (Å²) in [6.07, 6.45) is 2.34. The van der Waals surface area contributed by atoms with Gasteiger partial charge in [0.2, 0.25) is 0 Å². The fraction of sp³-hybridized carbons (Fsp3) is 0.562. The normalized spacial score (nSPS) is 19.2. The summed E-state index contributed by atoms with van der Waals surface area (Å²) in [5, 5.41) is -0.174. The number of rotatable bonds is 3. The SMILES string of the molecule is CC(Cl)c1nc2ccc(F)cc2n1CC1CCN(C)CC1. The minimum atomic E-state index is -0.221. The Kier molecular flexibility index (Phi) is 4.18. The molecule has 0 saturated carbocycles. The molecular formula is C16H21ClFN3. The molecule has 1 aliphatic rings. The minimum Gasteiger partial charge on any atom is -0.326 e. The van der Waals surface area contributed by atoms with Gasteiger partial charge in [-0.2, -0.15) is 0 Å². The number of imidazole rings is 1. The lowest BCUT2D eigenvalue weighted by molar-refractivity contribution is 0.205. The van der Waals surface area contributed by atoms with E-state index in [9.17, 15) is 4.39 Å². The van der Waals surface area contributed by atoms with Gasteiger partial charge in [0.1, 0.15) is 11.6 Å². The molecule has 114 valence electrons. The molecule has 5 heteroatoms. The lowest BCUT2D eigenvalue weighted by Crippen LogP contribution is -2.32. The topological polar surface area (TPSA) is 21.1 Å². The van der Waals surface area contributed by atoms with Gasteiger partial charge in [-0.05, 0) is 64.0 Å². The Hall–Kier alpha value is -1.13. The van der Waals surface area contributed by atoms with Crippen molar-refractivity contribution < 1.29 is 4.39 Å². The van der Waals surface area contributed by atoms with Crippen LogP contribution in [0.1, 0.15) is 31.0 Å². The van der Waals surface area contributed by atoms with Crippen molar-refractivity contribution in [3.05, 3.63) is 29.8 Å². The summed E-state index contributed by atoms with van der Waals surface area (Å²) in [5.74, 6) is 1.23. The minimum absolute atomic E-state index is 0.174. The van der Waals surface area contributed by atoms with E-state index in [1.807, 2.05) is 6.92 Å². The van der Waals surface area contributed by atoms with Gasteiger partial charge in [0.15, 0.2) is 0 Å². The molecule has 0 radical (unpaired) electrons. The number of benzene rings is 1. The van der Waals surface area contributed by atoms with Crippen molar-refractivity contribution in [1.82, 2.24) is 14.5 Å². The van der Waals surface area contributed by atoms with E-state index in [2.05, 4.69) is 21.5 Å². The molecule has 1 fully saturated rings. The Labute approximate surface area is 129 Å². The summed E-state index contributed by atoms with van der Waals surface area (Å²) in [4.78, 5) is 6.94. The Morgan fingerprint density at radius 2 is 2.10 bits per heavy atom. The summed E-state index contributed by atoms with van der Waals surface area (Å²) in [7, 11) is 2.16. The highest BCUT2D eigenvalue weighted by Crippen LogP contribution is 2.28. The van der Waals surface area contributed by atoms with Crippen LogP contribution in [-0.4, -0.2) is 34.6 Å². The lowest BCUT2D eigenvalue weighted by atomic mass is 9.97. The van der Waals surface area contributed by atoms with Crippen LogP contribution in [0.5, 0.6) is 0 Å². The van der Waals surface area contributed by atoms with E-state index in [0.29, 0.717) is 5.92 Å². The number of hydrogen-bond acceptors (Lipinski definition) is 2. The van der Waals surface area contributed by atoms with Gasteiger partial charge < -0.3 is 9.47 Å². The van der Waals surface area contributed by atoms with Crippen LogP contribution in [-0.2, 0) is 6.54 Å². The summed E-state index contributed by atoms with van der Waals surface area (Å²) >= 11 is 6.28. The van der Waals surface area contributed by atoms with Gasteiger partial charge >= 0.3 is 0 Å². The van der Waals surface area contributed by atoms with Gasteiger partial charge in [0.05, 0.1) is 16.4 Å². The molecule has 2 aromatic rings. The molecule has 0 N–H and O–H groups in total. The second-order valence-electron chi connectivity index (χ2n) is 6.08. The standard InChI is InChI=1S/C16H21ClFN3/c1-11(17)16-19-14-4-3-13(18)9-15(14)21(16)10-12-5-7-20(2)8-6-12/h3-4,9,11-12H,5-8,10H2,1-2H3. The summed E-state index contributed by atoms with van der Waals surface area (Å²) in [5.41, 5.74) is 1.68. The van der Waals surface area contributed by atoms with Crippen LogP contribution in [0.3, 0.4) is 0 Å². The van der Waals surface area contributed by atoms with E-state index >= 15 is 0 Å². The lowest BCUT2D eigenvalue weighted by Gasteiger charge is -2.29. The molecule has 0 spiro atoms. The van der Waals surface area contributed by atoms with E-state index in [1.165, 1.54) is 18.9 Å². The molecule has 3 nitrogen and oxygen atoms in total. The highest BCUT2D eigenvalue weighted by molar-refractivity contribution is 6.20. The van der Waals surface area contributed by atoms with Crippen molar-refractivity contribution in [1.29, 1.82) is 0 Å². The molecule has 2 heterocycles. The fourth-order valence-electron chi connectivity index (χ4n) is 3.11. The van der Waals surface area contributed by atoms with Crippen molar-refractivity contribution in [2.45, 2.75) is 31.7 Å². The Balaban J connectivity index is 1.95. The zero-order chi connectivity index (χ0) is 15.0. The zero-order valence-electron chi connectivity index (χ0n) is 12.5. The number of piperidine rings is 1. The average molecular weight is 310 g/mol. The van der Waals surface area contributed by atoms with Crippen LogP contribution in [0.2, 0.25) is 0 Å². The summed E-state index contributed by atoms with van der Waals surface area (Å²) in [6.45, 7) is 5.04. The predicted octanol–water partition coefficient (Wildman–Crippen LogP) is 3.82. The number of likely N-dealkylation sites (tertiary alicyclic amines) is 1. The van der Waals surface area contributed by atoms with Crippen LogP contribution in [0.15, 0.2) is 18.2 Å². The van der Waals surface area contributed by atoms with E-state index in [1.54, 1.807) is 12.1 Å². The molecule has 1 aromatic carbocycles. The number of halogens is 2. The number of nitrogens with zero attached hydrogens (tertiary/aromatic N) is 3. The molecule has 0 aliphatic carbocycles. The largest absolute Gasteiger partial charge is 0.326 e. The van der Waals surface area contributed by atoms with Gasteiger partial charge in [0.25, 0.3) is 0 Å². The Morgan fingerprint density at radius 1 is 1.38 bits per heavy atom. The van der Waals surface area contributed by atoms with Crippen LogP contribution in [0.4, 0.5) is 4.39 Å². The first-order valence-electron chi connectivity index (χ1n) is 7.53. The Bertz CT molecular complexity index is 630. The number of hydrogen-bond donors (Lipinski definition) is 0. The van der Waals surface area contributed by atoms with Crippen LogP contribution >= 0.6 is 11.6 Å². The first-order chi connectivity index (χ1) is 10.0. The first-order valence-corrected chi connectivity index (χ1v) is 7.96. The number of aromatic nitrogens is 2. The molecule has 0 amide bonds. The second-order valence-corrected chi connectivity index (χ2v) is 6.73. The predicted molar refractivity (Wildman–Crippen MR) is 84.2 cm³/mol. The number of alkyl halides is 1. The van der Waals surface area contributed by atoms with Gasteiger partial charge in [-0.25, -0.2) is 9.37 Å². The summed E-state index contributed by atoms with van der Waals surface area (Å²) < 4.78 is 15.7. The van der Waals surface area contributed by atoms with Gasteiger partial charge in [-0.1, -0.05) is 0 Å². The second kappa shape index (κ2) is 5.93. The summed E-state index contributed by atoms with van der Waals surface area (Å²) in [6, 6.07) is 4.76. The molecule has 1 saturated heterocycles. The van der Waals surface area contributed by atoms with Crippen LogP contribution in [0.25, 0.3) is 11.0 Å². The quantitative estimate of drug-likeness (QED) is 0.804. The zero-order valence-corrected chi connectivity index (χ0v) is 13.3. The van der Waals surface area contributed by atoms with E-state index in [4.69, 9.17) is 11.6 Å². The monoisotopic (exact) mass is 309 g/mol. The third-order valence-electron chi connectivity index (χ3n) is 4.37. The van der Waals surface area contributed by atoms with E-state index < -0.39 is 0 Å². The van der Waals surface area contributed by atoms with Crippen molar-refractivity contribution in [3.63, 3.8) is 0 Å². The van der Waals surface area contributed by atoms with E-state index in [0.717, 1.165) is 36.5 Å². The maximum absolute atomic E-state index is 13.6. The van der Waals surface area contributed by atoms with Crippen molar-refractivity contribution >= 4 is 22.6 Å². The van der Waals surface area contributed by atoms with Crippen LogP contribution in [0, 0.1) is 11.7 Å². The maximum atomic E-state index is 13.6. The first kappa shape index (κ1) is 14.8. The van der Waals surface area contributed by atoms with Gasteiger partial charge in [-0.3, -0.25) is 0 Å². The molecule has 21 heavy (non-hydrogen) atoms. The molecular weight excluding hydrogens is 289 g/mol. The molecule has 1 aromatic heterocycles. The average Bonchev–Trinajstić information content (AvgIpc) is 2.80. The van der Waals surface area contributed by atoms with Gasteiger partial charge in [-0.15, -0.1) is 11.6 Å². The highest BCUT2D eigenvalue weighted by atomic mass is 35.5. The highest BCUT2D eigenvalue weighted by Gasteiger charge is 2.21. The Morgan fingerprint density at radius 3 is 2.76 bits per heavy atom. The number of fused-ring (bicyclic) bond motifs is 1. The van der Waals surface area contributed by atoms with Crippen LogP contribution < -0.4 is 0 Å². The molecule has 1 aliphatic heterocycles.